The molecule has 0 heterocycles. The first-order valence-electron chi connectivity index (χ1n) is 8.35. The van der Waals surface area contributed by atoms with E-state index in [-0.39, 0.29) is 18.4 Å². The molecule has 1 atom stereocenters. The SMILES string of the molecule is CC(C)CNC(=O)COC(=O)[C@@H](NC(=O)Nc1ccccc1)C(C)C. The van der Waals surface area contributed by atoms with Gasteiger partial charge < -0.3 is 20.7 Å². The van der Waals surface area contributed by atoms with E-state index in [1.807, 2.05) is 19.9 Å². The van der Waals surface area contributed by atoms with E-state index in [1.54, 1.807) is 38.1 Å². The van der Waals surface area contributed by atoms with Crippen molar-refractivity contribution in [3.05, 3.63) is 30.3 Å². The van der Waals surface area contributed by atoms with Gasteiger partial charge >= 0.3 is 12.0 Å². The Morgan fingerprint density at radius 1 is 1.04 bits per heavy atom. The Kier molecular flexibility index (Phi) is 8.46. The van der Waals surface area contributed by atoms with Crippen molar-refractivity contribution in [3.8, 4) is 0 Å². The van der Waals surface area contributed by atoms with Gasteiger partial charge in [0, 0.05) is 12.2 Å². The number of para-hydroxylation sites is 1. The molecule has 1 aromatic rings. The summed E-state index contributed by atoms with van der Waals surface area (Å²) in [5.74, 6) is -0.879. The van der Waals surface area contributed by atoms with E-state index >= 15 is 0 Å². The molecule has 0 radical (unpaired) electrons. The largest absolute Gasteiger partial charge is 0.454 e. The summed E-state index contributed by atoms with van der Waals surface area (Å²) in [4.78, 5) is 35.8. The molecule has 0 saturated heterocycles. The Bertz CT molecular complexity index is 573. The van der Waals surface area contributed by atoms with Crippen LogP contribution in [0.1, 0.15) is 27.7 Å². The maximum Gasteiger partial charge on any atom is 0.329 e. The molecule has 0 aliphatic carbocycles. The van der Waals surface area contributed by atoms with Crippen molar-refractivity contribution >= 4 is 23.6 Å². The van der Waals surface area contributed by atoms with Crippen LogP contribution in [0.2, 0.25) is 0 Å². The number of amides is 3. The average Bonchev–Trinajstić information content (AvgIpc) is 2.56. The fourth-order valence-electron chi connectivity index (χ4n) is 1.92. The highest BCUT2D eigenvalue weighted by molar-refractivity contribution is 5.93. The highest BCUT2D eigenvalue weighted by atomic mass is 16.5. The molecule has 3 N–H and O–H groups in total. The summed E-state index contributed by atoms with van der Waals surface area (Å²) in [6.45, 7) is 7.66. The van der Waals surface area contributed by atoms with Crippen LogP contribution in [0.4, 0.5) is 10.5 Å². The molecule has 138 valence electrons. The molecule has 7 nitrogen and oxygen atoms in total. The predicted molar refractivity (Wildman–Crippen MR) is 96.0 cm³/mol. The van der Waals surface area contributed by atoms with Crippen LogP contribution in [-0.2, 0) is 14.3 Å². The maximum atomic E-state index is 12.2. The first-order chi connectivity index (χ1) is 11.8. The second-order valence-electron chi connectivity index (χ2n) is 6.49. The monoisotopic (exact) mass is 349 g/mol. The Labute approximate surface area is 148 Å². The van der Waals surface area contributed by atoms with Crippen molar-refractivity contribution in [1.29, 1.82) is 0 Å². The molecule has 1 aromatic carbocycles. The molecule has 0 aliphatic heterocycles. The number of nitrogens with one attached hydrogen (secondary N) is 3. The second kappa shape index (κ2) is 10.3. The van der Waals surface area contributed by atoms with E-state index in [4.69, 9.17) is 4.74 Å². The molecule has 0 saturated carbocycles. The zero-order valence-electron chi connectivity index (χ0n) is 15.2. The predicted octanol–water partition coefficient (Wildman–Crippen LogP) is 2.15. The number of esters is 1. The summed E-state index contributed by atoms with van der Waals surface area (Å²) in [6, 6.07) is 7.54. The number of hydrogen-bond acceptors (Lipinski definition) is 4. The molecule has 0 spiro atoms. The molecule has 0 unspecified atom stereocenters. The lowest BCUT2D eigenvalue weighted by atomic mass is 10.1. The molecule has 0 aliphatic rings. The normalized spacial score (nSPS) is 11.8. The Morgan fingerprint density at radius 3 is 2.24 bits per heavy atom. The van der Waals surface area contributed by atoms with E-state index in [1.165, 1.54) is 0 Å². The minimum atomic E-state index is -0.846. The van der Waals surface area contributed by atoms with Crippen LogP contribution in [0, 0.1) is 11.8 Å². The van der Waals surface area contributed by atoms with Crippen LogP contribution in [0.3, 0.4) is 0 Å². The van der Waals surface area contributed by atoms with Crippen molar-refractivity contribution < 1.29 is 19.1 Å². The number of hydrogen-bond donors (Lipinski definition) is 3. The van der Waals surface area contributed by atoms with Crippen LogP contribution in [0.15, 0.2) is 30.3 Å². The molecular weight excluding hydrogens is 322 g/mol. The summed E-state index contributed by atoms with van der Waals surface area (Å²) >= 11 is 0. The van der Waals surface area contributed by atoms with E-state index in [9.17, 15) is 14.4 Å². The lowest BCUT2D eigenvalue weighted by Crippen LogP contribution is -2.47. The van der Waals surface area contributed by atoms with Crippen LogP contribution in [0.25, 0.3) is 0 Å². The minimum Gasteiger partial charge on any atom is -0.454 e. The van der Waals surface area contributed by atoms with Crippen LogP contribution < -0.4 is 16.0 Å². The van der Waals surface area contributed by atoms with Crippen molar-refractivity contribution in [2.45, 2.75) is 33.7 Å². The van der Waals surface area contributed by atoms with Crippen LogP contribution >= 0.6 is 0 Å². The summed E-state index contributed by atoms with van der Waals surface area (Å²) in [5.41, 5.74) is 0.615. The van der Waals surface area contributed by atoms with Crippen molar-refractivity contribution in [1.82, 2.24) is 10.6 Å². The second-order valence-corrected chi connectivity index (χ2v) is 6.49. The van der Waals surface area contributed by atoms with Gasteiger partial charge in [-0.2, -0.15) is 0 Å². The Balaban J connectivity index is 2.50. The fraction of sp³-hybridized carbons (Fsp3) is 0.500. The standard InChI is InChI=1S/C18H27N3O4/c1-12(2)10-19-15(22)11-25-17(23)16(13(3)4)21-18(24)20-14-8-6-5-7-9-14/h5-9,12-13,16H,10-11H2,1-4H3,(H,19,22)(H2,20,21,24)/t16-/m0/s1. The molecule has 7 heteroatoms. The Morgan fingerprint density at radius 2 is 1.68 bits per heavy atom. The van der Waals surface area contributed by atoms with Gasteiger partial charge in [-0.3, -0.25) is 4.79 Å². The van der Waals surface area contributed by atoms with Gasteiger partial charge in [0.2, 0.25) is 0 Å². The van der Waals surface area contributed by atoms with E-state index < -0.39 is 18.0 Å². The number of anilines is 1. The third-order valence-electron chi connectivity index (χ3n) is 3.29. The summed E-state index contributed by atoms with van der Waals surface area (Å²) < 4.78 is 5.02. The number of rotatable bonds is 8. The van der Waals surface area contributed by atoms with Crippen molar-refractivity contribution in [2.75, 3.05) is 18.5 Å². The highest BCUT2D eigenvalue weighted by Gasteiger charge is 2.26. The highest BCUT2D eigenvalue weighted by Crippen LogP contribution is 2.07. The third-order valence-corrected chi connectivity index (χ3v) is 3.29. The van der Waals surface area contributed by atoms with Gasteiger partial charge in [-0.15, -0.1) is 0 Å². The first-order valence-corrected chi connectivity index (χ1v) is 8.35. The van der Waals surface area contributed by atoms with E-state index in [2.05, 4.69) is 16.0 Å². The van der Waals surface area contributed by atoms with Gasteiger partial charge in [0.1, 0.15) is 6.04 Å². The number of ether oxygens (including phenoxy) is 1. The zero-order valence-corrected chi connectivity index (χ0v) is 15.2. The quantitative estimate of drug-likeness (QED) is 0.627. The summed E-state index contributed by atoms with van der Waals surface area (Å²) in [7, 11) is 0. The van der Waals surface area contributed by atoms with Crippen molar-refractivity contribution in [2.24, 2.45) is 11.8 Å². The molecule has 0 fully saturated rings. The minimum absolute atomic E-state index is 0.187. The van der Waals surface area contributed by atoms with E-state index in [0.29, 0.717) is 18.2 Å². The first kappa shape index (κ1) is 20.5. The fourth-order valence-corrected chi connectivity index (χ4v) is 1.92. The lowest BCUT2D eigenvalue weighted by Gasteiger charge is -2.21. The van der Waals surface area contributed by atoms with Gasteiger partial charge in [0.15, 0.2) is 6.61 Å². The molecular formula is C18H27N3O4. The van der Waals surface area contributed by atoms with Gasteiger partial charge in [-0.25, -0.2) is 9.59 Å². The van der Waals surface area contributed by atoms with Gasteiger partial charge in [-0.1, -0.05) is 45.9 Å². The number of carbonyl (C=O) groups is 3. The van der Waals surface area contributed by atoms with Gasteiger partial charge in [0.05, 0.1) is 0 Å². The maximum absolute atomic E-state index is 12.2. The van der Waals surface area contributed by atoms with Crippen LogP contribution in [-0.4, -0.2) is 37.1 Å². The summed E-state index contributed by atoms with van der Waals surface area (Å²) in [6.07, 6.45) is 0. The topological polar surface area (TPSA) is 96.5 Å². The number of carbonyl (C=O) groups excluding carboxylic acids is 3. The average molecular weight is 349 g/mol. The smallest absolute Gasteiger partial charge is 0.329 e. The molecule has 25 heavy (non-hydrogen) atoms. The summed E-state index contributed by atoms with van der Waals surface area (Å²) in [5, 5.41) is 7.89. The van der Waals surface area contributed by atoms with Gasteiger partial charge in [-0.05, 0) is 24.0 Å². The lowest BCUT2D eigenvalue weighted by molar-refractivity contribution is -0.151. The van der Waals surface area contributed by atoms with Crippen molar-refractivity contribution in [3.63, 3.8) is 0 Å². The Hall–Kier alpha value is -2.57. The van der Waals surface area contributed by atoms with Gasteiger partial charge in [0.25, 0.3) is 5.91 Å². The molecule has 0 aromatic heterocycles. The van der Waals surface area contributed by atoms with Crippen LogP contribution in [0.5, 0.6) is 0 Å². The third kappa shape index (κ3) is 8.19. The molecule has 1 rings (SSSR count). The zero-order chi connectivity index (χ0) is 18.8. The number of benzene rings is 1. The van der Waals surface area contributed by atoms with E-state index in [0.717, 1.165) is 0 Å². The molecule has 0 bridgehead atoms. The number of urea groups is 1. The molecule has 3 amide bonds.